The summed E-state index contributed by atoms with van der Waals surface area (Å²) in [6, 6.07) is 7.47. The normalized spacial score (nSPS) is 19.3. The van der Waals surface area contributed by atoms with Crippen LogP contribution >= 0.6 is 0 Å². The predicted octanol–water partition coefficient (Wildman–Crippen LogP) is 1.88. The van der Waals surface area contributed by atoms with Gasteiger partial charge in [0.15, 0.2) is 0 Å². The van der Waals surface area contributed by atoms with Crippen molar-refractivity contribution >= 4 is 11.6 Å². The molecule has 2 N–H and O–H groups in total. The molecule has 0 radical (unpaired) electrons. The van der Waals surface area contributed by atoms with E-state index in [-0.39, 0.29) is 5.91 Å². The van der Waals surface area contributed by atoms with Crippen molar-refractivity contribution in [2.75, 3.05) is 32.1 Å². The molecule has 0 aliphatic carbocycles. The number of carbonyl (C=O) groups is 1. The Morgan fingerprint density at radius 2 is 2.17 bits per heavy atom. The van der Waals surface area contributed by atoms with E-state index in [4.69, 9.17) is 4.74 Å². The highest BCUT2D eigenvalue weighted by molar-refractivity contribution is 5.94. The lowest BCUT2D eigenvalue weighted by Gasteiger charge is -2.22. The summed E-state index contributed by atoms with van der Waals surface area (Å²) in [6.45, 7) is 2.32. The van der Waals surface area contributed by atoms with Gasteiger partial charge >= 0.3 is 0 Å². The zero-order valence-electron chi connectivity index (χ0n) is 10.7. The zero-order chi connectivity index (χ0) is 12.8. The minimum atomic E-state index is -0.0109. The molecule has 1 unspecified atom stereocenters. The molecule has 0 aromatic heterocycles. The maximum Gasteiger partial charge on any atom is 0.251 e. The summed E-state index contributed by atoms with van der Waals surface area (Å²) in [5.74, 6) is 0.447. The van der Waals surface area contributed by atoms with E-state index in [0.717, 1.165) is 31.7 Å². The molecule has 18 heavy (non-hydrogen) atoms. The Kier molecular flexibility index (Phi) is 4.59. The minimum Gasteiger partial charge on any atom is -0.388 e. The molecule has 1 fully saturated rings. The maximum absolute atomic E-state index is 11.9. The first-order valence-corrected chi connectivity index (χ1v) is 6.43. The van der Waals surface area contributed by atoms with Gasteiger partial charge in [0.1, 0.15) is 0 Å². The number of ether oxygens (including phenoxy) is 1. The third-order valence-corrected chi connectivity index (χ3v) is 3.24. The summed E-state index contributed by atoms with van der Waals surface area (Å²) in [6.07, 6.45) is 2.23. The molecular formula is C14H20N2O2. The van der Waals surface area contributed by atoms with Gasteiger partial charge in [0.2, 0.25) is 0 Å². The topological polar surface area (TPSA) is 50.4 Å². The summed E-state index contributed by atoms with van der Waals surface area (Å²) < 4.78 is 5.39. The van der Waals surface area contributed by atoms with Crippen LogP contribution in [0, 0.1) is 5.92 Å². The van der Waals surface area contributed by atoms with Gasteiger partial charge in [-0.25, -0.2) is 0 Å². The molecule has 1 amide bonds. The molecule has 1 aromatic rings. The van der Waals surface area contributed by atoms with Crippen LogP contribution in [0.5, 0.6) is 0 Å². The van der Waals surface area contributed by atoms with Crippen LogP contribution in [0.3, 0.4) is 0 Å². The molecule has 1 aliphatic rings. The molecule has 1 heterocycles. The quantitative estimate of drug-likeness (QED) is 0.855. The highest BCUT2D eigenvalue weighted by Gasteiger charge is 2.15. The lowest BCUT2D eigenvalue weighted by Crippen LogP contribution is -2.33. The molecule has 1 saturated heterocycles. The first kappa shape index (κ1) is 12.9. The second-order valence-corrected chi connectivity index (χ2v) is 4.62. The van der Waals surface area contributed by atoms with Crippen LogP contribution in [0.25, 0.3) is 0 Å². The van der Waals surface area contributed by atoms with E-state index in [1.54, 1.807) is 0 Å². The average Bonchev–Trinajstić information content (AvgIpc) is 2.46. The van der Waals surface area contributed by atoms with Gasteiger partial charge < -0.3 is 15.4 Å². The van der Waals surface area contributed by atoms with Crippen molar-refractivity contribution in [3.8, 4) is 0 Å². The second kappa shape index (κ2) is 6.40. The van der Waals surface area contributed by atoms with Crippen molar-refractivity contribution in [2.45, 2.75) is 12.8 Å². The third kappa shape index (κ3) is 3.47. The number of rotatable bonds is 4. The van der Waals surface area contributed by atoms with E-state index in [0.29, 0.717) is 18.0 Å². The van der Waals surface area contributed by atoms with Crippen molar-refractivity contribution in [1.29, 1.82) is 0 Å². The zero-order valence-corrected chi connectivity index (χ0v) is 10.7. The molecule has 0 bridgehead atoms. The van der Waals surface area contributed by atoms with Crippen LogP contribution in [0.4, 0.5) is 5.69 Å². The van der Waals surface area contributed by atoms with Gasteiger partial charge in [-0.15, -0.1) is 0 Å². The Morgan fingerprint density at radius 3 is 2.78 bits per heavy atom. The Balaban J connectivity index is 1.82. The standard InChI is InChI=1S/C14H20N2O2/c1-15-13-6-4-12(5-7-13)14(17)16-9-11-3-2-8-18-10-11/h4-7,11,15H,2-3,8-10H2,1H3,(H,16,17). The van der Waals surface area contributed by atoms with Crippen molar-refractivity contribution in [3.63, 3.8) is 0 Å². The maximum atomic E-state index is 11.9. The van der Waals surface area contributed by atoms with E-state index >= 15 is 0 Å². The first-order valence-electron chi connectivity index (χ1n) is 6.43. The predicted molar refractivity (Wildman–Crippen MR) is 71.9 cm³/mol. The minimum absolute atomic E-state index is 0.0109. The van der Waals surface area contributed by atoms with Gasteiger partial charge in [0.05, 0.1) is 6.61 Å². The Labute approximate surface area is 108 Å². The molecule has 0 spiro atoms. The van der Waals surface area contributed by atoms with E-state index in [9.17, 15) is 4.79 Å². The molecular weight excluding hydrogens is 228 g/mol. The SMILES string of the molecule is CNc1ccc(C(=O)NCC2CCCOC2)cc1. The Morgan fingerprint density at radius 1 is 1.39 bits per heavy atom. The highest BCUT2D eigenvalue weighted by Crippen LogP contribution is 2.13. The van der Waals surface area contributed by atoms with Crippen molar-refractivity contribution in [2.24, 2.45) is 5.92 Å². The first-order chi connectivity index (χ1) is 8.79. The number of hydrogen-bond acceptors (Lipinski definition) is 3. The molecule has 98 valence electrons. The molecule has 4 heteroatoms. The molecule has 1 aromatic carbocycles. The largest absolute Gasteiger partial charge is 0.388 e. The van der Waals surface area contributed by atoms with Crippen LogP contribution in [-0.2, 0) is 4.74 Å². The number of hydrogen-bond donors (Lipinski definition) is 2. The number of nitrogens with one attached hydrogen (secondary N) is 2. The molecule has 4 nitrogen and oxygen atoms in total. The summed E-state index contributed by atoms with van der Waals surface area (Å²) in [7, 11) is 1.86. The van der Waals surface area contributed by atoms with E-state index in [1.165, 1.54) is 0 Å². The van der Waals surface area contributed by atoms with Gasteiger partial charge in [-0.05, 0) is 43.0 Å². The monoisotopic (exact) mass is 248 g/mol. The number of benzene rings is 1. The van der Waals surface area contributed by atoms with Gasteiger partial charge in [0.25, 0.3) is 5.91 Å². The Bertz CT molecular complexity index is 383. The van der Waals surface area contributed by atoms with Crippen molar-refractivity contribution in [3.05, 3.63) is 29.8 Å². The van der Waals surface area contributed by atoms with E-state index in [2.05, 4.69) is 10.6 Å². The van der Waals surface area contributed by atoms with Crippen LogP contribution in [0.15, 0.2) is 24.3 Å². The van der Waals surface area contributed by atoms with Crippen molar-refractivity contribution < 1.29 is 9.53 Å². The fraction of sp³-hybridized carbons (Fsp3) is 0.500. The van der Waals surface area contributed by atoms with E-state index < -0.39 is 0 Å². The smallest absolute Gasteiger partial charge is 0.251 e. The highest BCUT2D eigenvalue weighted by atomic mass is 16.5. The molecule has 1 aliphatic heterocycles. The fourth-order valence-corrected chi connectivity index (χ4v) is 2.10. The van der Waals surface area contributed by atoms with Crippen LogP contribution < -0.4 is 10.6 Å². The van der Waals surface area contributed by atoms with Crippen LogP contribution in [0.1, 0.15) is 23.2 Å². The van der Waals surface area contributed by atoms with Crippen LogP contribution in [0.2, 0.25) is 0 Å². The van der Waals surface area contributed by atoms with Gasteiger partial charge in [-0.1, -0.05) is 0 Å². The summed E-state index contributed by atoms with van der Waals surface area (Å²) >= 11 is 0. The Hall–Kier alpha value is -1.55. The van der Waals surface area contributed by atoms with Gasteiger partial charge in [-0.2, -0.15) is 0 Å². The van der Waals surface area contributed by atoms with Crippen LogP contribution in [-0.4, -0.2) is 32.7 Å². The third-order valence-electron chi connectivity index (χ3n) is 3.24. The average molecular weight is 248 g/mol. The molecule has 2 rings (SSSR count). The lowest BCUT2D eigenvalue weighted by molar-refractivity contribution is 0.0536. The summed E-state index contributed by atoms with van der Waals surface area (Å²) in [4.78, 5) is 11.9. The number of anilines is 1. The fourth-order valence-electron chi connectivity index (χ4n) is 2.10. The molecule has 0 saturated carbocycles. The van der Waals surface area contributed by atoms with Gasteiger partial charge in [-0.3, -0.25) is 4.79 Å². The number of amides is 1. The molecule has 1 atom stereocenters. The lowest BCUT2D eigenvalue weighted by atomic mass is 10.0. The van der Waals surface area contributed by atoms with Crippen molar-refractivity contribution in [1.82, 2.24) is 5.32 Å². The summed E-state index contributed by atoms with van der Waals surface area (Å²) in [5, 5.41) is 6.00. The summed E-state index contributed by atoms with van der Waals surface area (Å²) in [5.41, 5.74) is 1.71. The number of carbonyl (C=O) groups excluding carboxylic acids is 1. The second-order valence-electron chi connectivity index (χ2n) is 4.62. The van der Waals surface area contributed by atoms with E-state index in [1.807, 2.05) is 31.3 Å². The van der Waals surface area contributed by atoms with Gasteiger partial charge in [0, 0.05) is 31.5 Å².